The molecule has 0 rings (SSSR count). The number of carbonyl (C=O) groups is 2. The van der Waals surface area contributed by atoms with Gasteiger partial charge in [-0.1, -0.05) is 13.3 Å². The summed E-state index contributed by atoms with van der Waals surface area (Å²) in [5.41, 5.74) is 0. The van der Waals surface area contributed by atoms with Crippen LogP contribution < -0.4 is 10.6 Å². The first-order chi connectivity index (χ1) is 7.60. The van der Waals surface area contributed by atoms with Gasteiger partial charge in [0.15, 0.2) is 0 Å². The molecule has 0 aliphatic rings. The van der Waals surface area contributed by atoms with E-state index in [-0.39, 0.29) is 12.6 Å². The lowest BCUT2D eigenvalue weighted by Crippen LogP contribution is -2.36. The molecule has 0 saturated carbocycles. The number of rotatable bonds is 6. The Labute approximate surface area is 95.7 Å². The Kier molecular flexibility index (Phi) is 8.01. The van der Waals surface area contributed by atoms with Crippen molar-refractivity contribution in [1.82, 2.24) is 10.6 Å². The van der Waals surface area contributed by atoms with E-state index in [0.717, 1.165) is 12.8 Å². The van der Waals surface area contributed by atoms with Crippen LogP contribution in [-0.2, 0) is 9.47 Å². The Bertz CT molecular complexity index is 221. The number of ether oxygens (including phenoxy) is 2. The zero-order chi connectivity index (χ0) is 12.4. The van der Waals surface area contributed by atoms with Gasteiger partial charge in [0.25, 0.3) is 0 Å². The molecular weight excluding hydrogens is 212 g/mol. The SMILES string of the molecule is CCCCNC(=O)O[C@@H](C)CNC(=O)OC. The van der Waals surface area contributed by atoms with Gasteiger partial charge in [-0.05, 0) is 13.3 Å². The molecule has 6 nitrogen and oxygen atoms in total. The Morgan fingerprint density at radius 1 is 1.25 bits per heavy atom. The summed E-state index contributed by atoms with van der Waals surface area (Å²) in [6.45, 7) is 4.56. The number of nitrogens with one attached hydrogen (secondary N) is 2. The zero-order valence-corrected chi connectivity index (χ0v) is 10.0. The van der Waals surface area contributed by atoms with E-state index in [2.05, 4.69) is 15.4 Å². The predicted molar refractivity (Wildman–Crippen MR) is 59.3 cm³/mol. The number of carbonyl (C=O) groups excluding carboxylic acids is 2. The molecule has 16 heavy (non-hydrogen) atoms. The fraction of sp³-hybridized carbons (Fsp3) is 0.800. The van der Waals surface area contributed by atoms with E-state index in [1.807, 2.05) is 6.92 Å². The van der Waals surface area contributed by atoms with Crippen molar-refractivity contribution in [3.8, 4) is 0 Å². The number of methoxy groups -OCH3 is 1. The van der Waals surface area contributed by atoms with Crippen LogP contribution in [0.2, 0.25) is 0 Å². The van der Waals surface area contributed by atoms with Crippen molar-refractivity contribution in [3.05, 3.63) is 0 Å². The van der Waals surface area contributed by atoms with E-state index < -0.39 is 12.2 Å². The van der Waals surface area contributed by atoms with Crippen LogP contribution in [0, 0.1) is 0 Å². The van der Waals surface area contributed by atoms with Crippen LogP contribution in [0.25, 0.3) is 0 Å². The summed E-state index contributed by atoms with van der Waals surface area (Å²) >= 11 is 0. The average Bonchev–Trinajstić information content (AvgIpc) is 2.26. The summed E-state index contributed by atoms with van der Waals surface area (Å²) < 4.78 is 9.35. The van der Waals surface area contributed by atoms with Crippen LogP contribution >= 0.6 is 0 Å². The van der Waals surface area contributed by atoms with Crippen LogP contribution in [0.5, 0.6) is 0 Å². The lowest BCUT2D eigenvalue weighted by atomic mass is 10.3. The fourth-order valence-electron chi connectivity index (χ4n) is 0.933. The molecule has 0 spiro atoms. The summed E-state index contributed by atoms with van der Waals surface area (Å²) in [5, 5.41) is 5.05. The quantitative estimate of drug-likeness (QED) is 0.676. The van der Waals surface area contributed by atoms with Crippen molar-refractivity contribution in [2.24, 2.45) is 0 Å². The maximum atomic E-state index is 11.2. The third-order valence-corrected chi connectivity index (χ3v) is 1.83. The minimum atomic E-state index is -0.540. The number of hydrogen-bond donors (Lipinski definition) is 2. The summed E-state index contributed by atoms with van der Waals surface area (Å²) in [7, 11) is 1.28. The predicted octanol–water partition coefficient (Wildman–Crippen LogP) is 1.26. The van der Waals surface area contributed by atoms with E-state index in [0.29, 0.717) is 6.54 Å². The molecule has 94 valence electrons. The first kappa shape index (κ1) is 14.5. The molecule has 2 amide bonds. The van der Waals surface area contributed by atoms with Gasteiger partial charge in [0, 0.05) is 6.54 Å². The highest BCUT2D eigenvalue weighted by Gasteiger charge is 2.09. The number of hydrogen-bond acceptors (Lipinski definition) is 4. The van der Waals surface area contributed by atoms with Crippen LogP contribution in [0.15, 0.2) is 0 Å². The smallest absolute Gasteiger partial charge is 0.407 e. The highest BCUT2D eigenvalue weighted by Crippen LogP contribution is 1.91. The highest BCUT2D eigenvalue weighted by molar-refractivity contribution is 5.68. The molecule has 0 aromatic carbocycles. The van der Waals surface area contributed by atoms with Gasteiger partial charge in [-0.25, -0.2) is 9.59 Å². The molecule has 1 atom stereocenters. The minimum Gasteiger partial charge on any atom is -0.453 e. The summed E-state index contributed by atoms with van der Waals surface area (Å²) in [6.07, 6.45) is 0.541. The van der Waals surface area contributed by atoms with Crippen molar-refractivity contribution in [2.75, 3.05) is 20.2 Å². The lowest BCUT2D eigenvalue weighted by molar-refractivity contribution is 0.103. The second-order valence-electron chi connectivity index (χ2n) is 3.37. The minimum absolute atomic E-state index is 0.230. The third kappa shape index (κ3) is 7.90. The Balaban J connectivity index is 3.57. The second kappa shape index (κ2) is 8.82. The van der Waals surface area contributed by atoms with E-state index in [9.17, 15) is 9.59 Å². The molecule has 0 heterocycles. The molecule has 0 radical (unpaired) electrons. The summed E-state index contributed by atoms with van der Waals surface area (Å²) in [6, 6.07) is 0. The molecule has 0 saturated heterocycles. The van der Waals surface area contributed by atoms with Crippen molar-refractivity contribution >= 4 is 12.2 Å². The van der Waals surface area contributed by atoms with Crippen molar-refractivity contribution in [1.29, 1.82) is 0 Å². The molecule has 0 fully saturated rings. The second-order valence-corrected chi connectivity index (χ2v) is 3.37. The molecule has 0 aliphatic heterocycles. The topological polar surface area (TPSA) is 76.7 Å². The van der Waals surface area contributed by atoms with Gasteiger partial charge in [0.2, 0.25) is 0 Å². The summed E-state index contributed by atoms with van der Waals surface area (Å²) in [5.74, 6) is 0. The van der Waals surface area contributed by atoms with Gasteiger partial charge >= 0.3 is 12.2 Å². The maximum absolute atomic E-state index is 11.2. The molecule has 0 aromatic heterocycles. The average molecular weight is 232 g/mol. The lowest BCUT2D eigenvalue weighted by Gasteiger charge is -2.14. The molecule has 0 aliphatic carbocycles. The standard InChI is InChI=1S/C10H20N2O4/c1-4-5-6-11-10(14)16-8(2)7-12-9(13)15-3/h8H,4-7H2,1-3H3,(H,11,14)(H,12,13)/t8-/m0/s1. The first-order valence-electron chi connectivity index (χ1n) is 5.36. The zero-order valence-electron chi connectivity index (χ0n) is 10.0. The molecule has 0 unspecified atom stereocenters. The van der Waals surface area contributed by atoms with Gasteiger partial charge in [-0.2, -0.15) is 0 Å². The monoisotopic (exact) mass is 232 g/mol. The van der Waals surface area contributed by atoms with Gasteiger partial charge in [-0.15, -0.1) is 0 Å². The third-order valence-electron chi connectivity index (χ3n) is 1.83. The Morgan fingerprint density at radius 2 is 1.94 bits per heavy atom. The number of amides is 2. The molecule has 2 N–H and O–H groups in total. The van der Waals surface area contributed by atoms with E-state index >= 15 is 0 Å². The van der Waals surface area contributed by atoms with E-state index in [4.69, 9.17) is 4.74 Å². The van der Waals surface area contributed by atoms with Crippen molar-refractivity contribution in [3.63, 3.8) is 0 Å². The van der Waals surface area contributed by atoms with Gasteiger partial charge in [0.1, 0.15) is 6.10 Å². The Morgan fingerprint density at radius 3 is 2.50 bits per heavy atom. The number of alkyl carbamates (subject to hydrolysis) is 2. The maximum Gasteiger partial charge on any atom is 0.407 e. The van der Waals surface area contributed by atoms with Gasteiger partial charge < -0.3 is 20.1 Å². The number of unbranched alkanes of at least 4 members (excludes halogenated alkanes) is 1. The van der Waals surface area contributed by atoms with Crippen molar-refractivity contribution in [2.45, 2.75) is 32.8 Å². The van der Waals surface area contributed by atoms with Crippen LogP contribution in [-0.4, -0.2) is 38.5 Å². The molecular formula is C10H20N2O4. The van der Waals surface area contributed by atoms with Crippen molar-refractivity contribution < 1.29 is 19.1 Å². The molecule has 0 aromatic rings. The fourth-order valence-corrected chi connectivity index (χ4v) is 0.933. The normalized spacial score (nSPS) is 11.4. The largest absolute Gasteiger partial charge is 0.453 e. The Hall–Kier alpha value is -1.46. The molecule has 0 bridgehead atoms. The first-order valence-corrected chi connectivity index (χ1v) is 5.36. The highest BCUT2D eigenvalue weighted by atomic mass is 16.6. The van der Waals surface area contributed by atoms with Crippen LogP contribution in [0.4, 0.5) is 9.59 Å². The van der Waals surface area contributed by atoms with E-state index in [1.165, 1.54) is 7.11 Å². The van der Waals surface area contributed by atoms with Crippen LogP contribution in [0.1, 0.15) is 26.7 Å². The molecule has 6 heteroatoms. The summed E-state index contributed by atoms with van der Waals surface area (Å²) in [4.78, 5) is 21.9. The van der Waals surface area contributed by atoms with Gasteiger partial charge in [-0.3, -0.25) is 0 Å². The van der Waals surface area contributed by atoms with E-state index in [1.54, 1.807) is 6.92 Å². The van der Waals surface area contributed by atoms with Gasteiger partial charge in [0.05, 0.1) is 13.7 Å². The van der Waals surface area contributed by atoms with Crippen LogP contribution in [0.3, 0.4) is 0 Å².